The van der Waals surface area contributed by atoms with Crippen LogP contribution in [0.4, 0.5) is 5.69 Å². The average molecular weight is 383 g/mol. The molecule has 0 unspecified atom stereocenters. The fourth-order valence-corrected chi connectivity index (χ4v) is 2.99. The predicted molar refractivity (Wildman–Crippen MR) is 107 cm³/mol. The highest BCUT2D eigenvalue weighted by Gasteiger charge is 2.16. The molecule has 1 heterocycles. The standard InChI is InChI=1S/C21H25N3O4/c1-27-19-6-2-4-16(12-19)23-20(25)14-28-18-9-7-15(8-10-18)21(26)24-17-5-3-11-22-13-17/h2,4,6-10,12,17,22H,3,5,11,13-14H2,1H3,(H,23,25)(H,24,26)/t17-/m0/s1. The van der Waals surface area contributed by atoms with Crippen LogP contribution in [0.3, 0.4) is 0 Å². The minimum atomic E-state index is -0.278. The van der Waals surface area contributed by atoms with E-state index < -0.39 is 0 Å². The second kappa shape index (κ2) is 9.75. The molecular formula is C21H25N3O4. The predicted octanol–water partition coefficient (Wildman–Crippen LogP) is 2.19. The van der Waals surface area contributed by atoms with E-state index >= 15 is 0 Å². The number of ether oxygens (including phenoxy) is 2. The Morgan fingerprint density at radius 1 is 1.14 bits per heavy atom. The molecule has 2 amide bonds. The van der Waals surface area contributed by atoms with Gasteiger partial charge in [0, 0.05) is 29.9 Å². The first-order valence-electron chi connectivity index (χ1n) is 9.32. The summed E-state index contributed by atoms with van der Waals surface area (Å²) in [6.45, 7) is 1.68. The molecule has 3 rings (SSSR count). The third-order valence-electron chi connectivity index (χ3n) is 4.47. The number of hydrogen-bond donors (Lipinski definition) is 3. The molecule has 2 aromatic carbocycles. The van der Waals surface area contributed by atoms with E-state index in [9.17, 15) is 9.59 Å². The molecule has 7 heteroatoms. The molecule has 0 aromatic heterocycles. The van der Waals surface area contributed by atoms with Gasteiger partial charge in [-0.3, -0.25) is 9.59 Å². The molecule has 0 spiro atoms. The van der Waals surface area contributed by atoms with Crippen molar-refractivity contribution < 1.29 is 19.1 Å². The third-order valence-corrected chi connectivity index (χ3v) is 4.47. The number of rotatable bonds is 7. The van der Waals surface area contributed by atoms with Gasteiger partial charge in [0.2, 0.25) is 0 Å². The average Bonchev–Trinajstić information content (AvgIpc) is 2.73. The van der Waals surface area contributed by atoms with Crippen molar-refractivity contribution in [3.8, 4) is 11.5 Å². The number of benzene rings is 2. The van der Waals surface area contributed by atoms with Gasteiger partial charge in [0.15, 0.2) is 6.61 Å². The largest absolute Gasteiger partial charge is 0.497 e. The molecule has 0 aliphatic carbocycles. The van der Waals surface area contributed by atoms with Crippen molar-refractivity contribution in [2.45, 2.75) is 18.9 Å². The number of carbonyl (C=O) groups excluding carboxylic acids is 2. The first-order valence-corrected chi connectivity index (χ1v) is 9.32. The second-order valence-corrected chi connectivity index (χ2v) is 6.61. The van der Waals surface area contributed by atoms with Crippen LogP contribution in [-0.2, 0) is 4.79 Å². The summed E-state index contributed by atoms with van der Waals surface area (Å²) in [4.78, 5) is 24.3. The van der Waals surface area contributed by atoms with E-state index in [1.54, 1.807) is 55.6 Å². The fraction of sp³-hybridized carbons (Fsp3) is 0.333. The second-order valence-electron chi connectivity index (χ2n) is 6.61. The Morgan fingerprint density at radius 2 is 1.96 bits per heavy atom. The van der Waals surface area contributed by atoms with Gasteiger partial charge in [-0.15, -0.1) is 0 Å². The van der Waals surface area contributed by atoms with Crippen molar-refractivity contribution in [1.29, 1.82) is 0 Å². The summed E-state index contributed by atoms with van der Waals surface area (Å²) in [6, 6.07) is 14.0. The summed E-state index contributed by atoms with van der Waals surface area (Å²) < 4.78 is 10.6. The molecule has 7 nitrogen and oxygen atoms in total. The SMILES string of the molecule is COc1cccc(NC(=O)COc2ccc(C(=O)N[C@H]3CCCNC3)cc2)c1. The monoisotopic (exact) mass is 383 g/mol. The Kier molecular flexibility index (Phi) is 6.86. The van der Waals surface area contributed by atoms with Crippen LogP contribution in [0.25, 0.3) is 0 Å². The van der Waals surface area contributed by atoms with Crippen molar-refractivity contribution in [3.63, 3.8) is 0 Å². The quantitative estimate of drug-likeness (QED) is 0.682. The van der Waals surface area contributed by atoms with E-state index in [4.69, 9.17) is 9.47 Å². The maximum atomic E-state index is 12.3. The number of hydrogen-bond acceptors (Lipinski definition) is 5. The van der Waals surface area contributed by atoms with E-state index in [1.807, 2.05) is 0 Å². The van der Waals surface area contributed by atoms with E-state index in [0.29, 0.717) is 22.7 Å². The van der Waals surface area contributed by atoms with Crippen LogP contribution in [0.15, 0.2) is 48.5 Å². The molecule has 28 heavy (non-hydrogen) atoms. The van der Waals surface area contributed by atoms with Crippen molar-refractivity contribution >= 4 is 17.5 Å². The molecular weight excluding hydrogens is 358 g/mol. The van der Waals surface area contributed by atoms with Crippen LogP contribution in [0.2, 0.25) is 0 Å². The van der Waals surface area contributed by atoms with Crippen LogP contribution in [0.5, 0.6) is 11.5 Å². The van der Waals surface area contributed by atoms with Crippen molar-refractivity contribution in [2.75, 3.05) is 32.1 Å². The fourth-order valence-electron chi connectivity index (χ4n) is 2.99. The summed E-state index contributed by atoms with van der Waals surface area (Å²) in [5.74, 6) is 0.809. The van der Waals surface area contributed by atoms with Crippen molar-refractivity contribution in [3.05, 3.63) is 54.1 Å². The van der Waals surface area contributed by atoms with Crippen LogP contribution in [0, 0.1) is 0 Å². The number of amides is 2. The third kappa shape index (κ3) is 5.72. The zero-order chi connectivity index (χ0) is 19.8. The molecule has 1 aliphatic rings. The number of nitrogens with one attached hydrogen (secondary N) is 3. The zero-order valence-electron chi connectivity index (χ0n) is 15.9. The number of piperidine rings is 1. The Labute approximate surface area is 164 Å². The maximum absolute atomic E-state index is 12.3. The van der Waals surface area contributed by atoms with Gasteiger partial charge in [-0.2, -0.15) is 0 Å². The minimum absolute atomic E-state index is 0.101. The Bertz CT molecular complexity index is 802. The lowest BCUT2D eigenvalue weighted by molar-refractivity contribution is -0.118. The van der Waals surface area contributed by atoms with E-state index in [0.717, 1.165) is 25.9 Å². The number of anilines is 1. The summed E-state index contributed by atoms with van der Waals surface area (Å²) >= 11 is 0. The Morgan fingerprint density at radius 3 is 2.68 bits per heavy atom. The van der Waals surface area contributed by atoms with Gasteiger partial charge < -0.3 is 25.4 Å². The molecule has 0 saturated carbocycles. The molecule has 1 fully saturated rings. The number of carbonyl (C=O) groups is 2. The maximum Gasteiger partial charge on any atom is 0.262 e. The Hall–Kier alpha value is -3.06. The topological polar surface area (TPSA) is 88.7 Å². The normalized spacial score (nSPS) is 16.1. The smallest absolute Gasteiger partial charge is 0.262 e. The first kappa shape index (κ1) is 19.7. The molecule has 1 atom stereocenters. The van der Waals surface area contributed by atoms with Gasteiger partial charge in [-0.05, 0) is 55.8 Å². The Balaban J connectivity index is 1.47. The van der Waals surface area contributed by atoms with Crippen molar-refractivity contribution in [2.24, 2.45) is 0 Å². The van der Waals surface area contributed by atoms with Crippen LogP contribution < -0.4 is 25.4 Å². The van der Waals surface area contributed by atoms with Gasteiger partial charge in [0.1, 0.15) is 11.5 Å². The zero-order valence-corrected chi connectivity index (χ0v) is 15.9. The summed E-state index contributed by atoms with van der Waals surface area (Å²) in [7, 11) is 1.57. The lowest BCUT2D eigenvalue weighted by Gasteiger charge is -2.23. The molecule has 0 radical (unpaired) electrons. The highest BCUT2D eigenvalue weighted by Crippen LogP contribution is 2.17. The molecule has 148 valence electrons. The molecule has 1 aliphatic heterocycles. The van der Waals surface area contributed by atoms with Crippen LogP contribution >= 0.6 is 0 Å². The van der Waals surface area contributed by atoms with E-state index in [1.165, 1.54) is 0 Å². The van der Waals surface area contributed by atoms with Gasteiger partial charge in [0.05, 0.1) is 7.11 Å². The van der Waals surface area contributed by atoms with E-state index in [2.05, 4.69) is 16.0 Å². The number of methoxy groups -OCH3 is 1. The van der Waals surface area contributed by atoms with Crippen molar-refractivity contribution in [1.82, 2.24) is 10.6 Å². The summed E-state index contributed by atoms with van der Waals surface area (Å²) in [5.41, 5.74) is 1.20. The summed E-state index contributed by atoms with van der Waals surface area (Å²) in [5, 5.41) is 9.05. The van der Waals surface area contributed by atoms with E-state index in [-0.39, 0.29) is 24.5 Å². The highest BCUT2D eigenvalue weighted by atomic mass is 16.5. The van der Waals surface area contributed by atoms with Crippen LogP contribution in [0.1, 0.15) is 23.2 Å². The molecule has 0 bridgehead atoms. The minimum Gasteiger partial charge on any atom is -0.497 e. The first-order chi connectivity index (χ1) is 13.6. The van der Waals surface area contributed by atoms with Crippen LogP contribution in [-0.4, -0.2) is 44.7 Å². The van der Waals surface area contributed by atoms with Gasteiger partial charge in [-0.25, -0.2) is 0 Å². The summed E-state index contributed by atoms with van der Waals surface area (Å²) in [6.07, 6.45) is 2.05. The highest BCUT2D eigenvalue weighted by molar-refractivity contribution is 5.94. The molecule has 3 N–H and O–H groups in total. The molecule has 2 aromatic rings. The lowest BCUT2D eigenvalue weighted by atomic mass is 10.1. The molecule has 1 saturated heterocycles. The van der Waals surface area contributed by atoms with Gasteiger partial charge in [-0.1, -0.05) is 6.07 Å². The lowest BCUT2D eigenvalue weighted by Crippen LogP contribution is -2.45. The van der Waals surface area contributed by atoms with Gasteiger partial charge >= 0.3 is 0 Å². The van der Waals surface area contributed by atoms with Gasteiger partial charge in [0.25, 0.3) is 11.8 Å².